The molecular weight excluding hydrogens is 434 g/mol. The molecule has 10 nitrogen and oxygen atoms in total. The van der Waals surface area contributed by atoms with Crippen LogP contribution < -0.4 is 21.9 Å². The van der Waals surface area contributed by atoms with Gasteiger partial charge in [0.25, 0.3) is 5.56 Å². The SMILES string of the molecule is Cc1cc2nc(C)c(CCC(=O)N(C)c3c(N)n(Cc4ccccc4)c(=O)[nH]c3=O)c(C)n2n1. The van der Waals surface area contributed by atoms with Gasteiger partial charge in [-0.3, -0.25) is 19.1 Å². The van der Waals surface area contributed by atoms with Crippen molar-refractivity contribution in [2.24, 2.45) is 0 Å². The van der Waals surface area contributed by atoms with Gasteiger partial charge in [0.1, 0.15) is 5.82 Å². The number of anilines is 2. The smallest absolute Gasteiger partial charge is 0.330 e. The Morgan fingerprint density at radius 3 is 2.56 bits per heavy atom. The zero-order valence-electron chi connectivity index (χ0n) is 19.6. The zero-order chi connectivity index (χ0) is 24.6. The fourth-order valence-corrected chi connectivity index (χ4v) is 4.15. The van der Waals surface area contributed by atoms with Gasteiger partial charge in [0.2, 0.25) is 5.91 Å². The first-order valence-electron chi connectivity index (χ1n) is 10.9. The van der Waals surface area contributed by atoms with Crippen molar-refractivity contribution >= 4 is 23.1 Å². The number of amides is 1. The van der Waals surface area contributed by atoms with Crippen LogP contribution in [0.15, 0.2) is 46.0 Å². The lowest BCUT2D eigenvalue weighted by atomic mass is 10.1. The van der Waals surface area contributed by atoms with Crippen LogP contribution in [0.1, 0.15) is 34.6 Å². The minimum atomic E-state index is -0.704. The lowest BCUT2D eigenvalue weighted by Crippen LogP contribution is -2.39. The molecule has 0 radical (unpaired) electrons. The Hall–Kier alpha value is -4.21. The first-order chi connectivity index (χ1) is 16.2. The molecule has 3 aromatic heterocycles. The minimum absolute atomic E-state index is 0.0507. The Morgan fingerprint density at radius 1 is 1.15 bits per heavy atom. The Labute approximate surface area is 195 Å². The van der Waals surface area contributed by atoms with Crippen LogP contribution in [0.2, 0.25) is 0 Å². The second-order valence-electron chi connectivity index (χ2n) is 8.33. The number of nitrogens with zero attached hydrogens (tertiary/aromatic N) is 5. The average molecular weight is 462 g/mol. The van der Waals surface area contributed by atoms with Crippen molar-refractivity contribution in [3.63, 3.8) is 0 Å². The molecule has 0 spiro atoms. The second kappa shape index (κ2) is 8.97. The fourth-order valence-electron chi connectivity index (χ4n) is 4.15. The highest BCUT2D eigenvalue weighted by Crippen LogP contribution is 2.20. The number of H-pyrrole nitrogens is 1. The number of hydrogen-bond acceptors (Lipinski definition) is 6. The van der Waals surface area contributed by atoms with Crippen LogP contribution in [-0.4, -0.2) is 37.1 Å². The molecule has 4 aromatic rings. The molecule has 0 fully saturated rings. The zero-order valence-corrected chi connectivity index (χ0v) is 19.6. The van der Waals surface area contributed by atoms with E-state index in [1.165, 1.54) is 16.5 Å². The predicted molar refractivity (Wildman–Crippen MR) is 130 cm³/mol. The van der Waals surface area contributed by atoms with Gasteiger partial charge in [0.05, 0.1) is 12.2 Å². The minimum Gasteiger partial charge on any atom is -0.383 e. The Bertz CT molecular complexity index is 1500. The maximum atomic E-state index is 13.1. The van der Waals surface area contributed by atoms with E-state index in [0.29, 0.717) is 6.42 Å². The Kier molecular flexibility index (Phi) is 6.06. The molecule has 0 aliphatic carbocycles. The average Bonchev–Trinajstić information content (AvgIpc) is 3.17. The summed E-state index contributed by atoms with van der Waals surface area (Å²) in [6, 6.07) is 11.2. The fraction of sp³-hybridized carbons (Fsp3) is 0.292. The first-order valence-corrected chi connectivity index (χ1v) is 10.9. The van der Waals surface area contributed by atoms with Gasteiger partial charge >= 0.3 is 5.69 Å². The molecule has 1 amide bonds. The number of nitrogen functional groups attached to an aromatic ring is 1. The van der Waals surface area contributed by atoms with Crippen molar-refractivity contribution < 1.29 is 4.79 Å². The summed E-state index contributed by atoms with van der Waals surface area (Å²) in [7, 11) is 1.48. The quantitative estimate of drug-likeness (QED) is 0.450. The van der Waals surface area contributed by atoms with E-state index < -0.39 is 11.2 Å². The lowest BCUT2D eigenvalue weighted by Gasteiger charge is -2.21. The molecule has 0 atom stereocenters. The maximum Gasteiger partial charge on any atom is 0.330 e. The highest BCUT2D eigenvalue weighted by Gasteiger charge is 2.22. The van der Waals surface area contributed by atoms with Gasteiger partial charge in [-0.2, -0.15) is 5.10 Å². The summed E-state index contributed by atoms with van der Waals surface area (Å²) >= 11 is 0. The number of nitrogens with two attached hydrogens (primary N) is 1. The summed E-state index contributed by atoms with van der Waals surface area (Å²) in [6.45, 7) is 5.92. The van der Waals surface area contributed by atoms with Crippen LogP contribution in [0.25, 0.3) is 5.65 Å². The molecule has 0 saturated carbocycles. The highest BCUT2D eigenvalue weighted by atomic mass is 16.2. The third kappa shape index (κ3) is 4.21. The number of carbonyl (C=O) groups is 1. The molecule has 0 aliphatic rings. The van der Waals surface area contributed by atoms with Crippen LogP contribution in [-0.2, 0) is 17.8 Å². The molecule has 34 heavy (non-hydrogen) atoms. The molecule has 0 bridgehead atoms. The van der Waals surface area contributed by atoms with Crippen molar-refractivity contribution in [3.8, 4) is 0 Å². The van der Waals surface area contributed by atoms with Gasteiger partial charge in [-0.05, 0) is 38.3 Å². The summed E-state index contributed by atoms with van der Waals surface area (Å²) in [6.07, 6.45) is 0.548. The summed E-state index contributed by atoms with van der Waals surface area (Å²) in [4.78, 5) is 46.1. The highest BCUT2D eigenvalue weighted by molar-refractivity contribution is 5.95. The van der Waals surface area contributed by atoms with Gasteiger partial charge < -0.3 is 10.6 Å². The van der Waals surface area contributed by atoms with E-state index in [4.69, 9.17) is 5.73 Å². The van der Waals surface area contributed by atoms with E-state index in [2.05, 4.69) is 15.1 Å². The third-order valence-electron chi connectivity index (χ3n) is 5.98. The van der Waals surface area contributed by atoms with Gasteiger partial charge in [0.15, 0.2) is 11.3 Å². The third-order valence-corrected chi connectivity index (χ3v) is 5.98. The number of nitrogens with one attached hydrogen (secondary N) is 1. The number of hydrogen-bond donors (Lipinski definition) is 2. The number of carbonyl (C=O) groups excluding carboxylic acids is 1. The maximum absolute atomic E-state index is 13.1. The number of aromatic amines is 1. The number of benzene rings is 1. The van der Waals surface area contributed by atoms with Crippen molar-refractivity contribution in [1.82, 2.24) is 24.1 Å². The van der Waals surface area contributed by atoms with Gasteiger partial charge in [0, 0.05) is 30.9 Å². The molecule has 10 heteroatoms. The summed E-state index contributed by atoms with van der Waals surface area (Å²) in [5.41, 5.74) is 9.97. The topological polar surface area (TPSA) is 131 Å². The number of fused-ring (bicyclic) bond motifs is 1. The van der Waals surface area contributed by atoms with Crippen molar-refractivity contribution in [2.75, 3.05) is 17.7 Å². The molecule has 3 N–H and O–H groups in total. The molecule has 4 rings (SSSR count). The van der Waals surface area contributed by atoms with Gasteiger partial charge in [-0.15, -0.1) is 0 Å². The van der Waals surface area contributed by atoms with Gasteiger partial charge in [-0.1, -0.05) is 30.3 Å². The number of rotatable bonds is 6. The van der Waals surface area contributed by atoms with E-state index >= 15 is 0 Å². The predicted octanol–water partition coefficient (Wildman–Crippen LogP) is 1.73. The summed E-state index contributed by atoms with van der Waals surface area (Å²) in [5.74, 6) is -0.367. The van der Waals surface area contributed by atoms with Crippen LogP contribution in [0.3, 0.4) is 0 Å². The van der Waals surface area contributed by atoms with Gasteiger partial charge in [-0.25, -0.2) is 14.3 Å². The van der Waals surface area contributed by atoms with Crippen molar-refractivity contribution in [1.29, 1.82) is 0 Å². The van der Waals surface area contributed by atoms with E-state index in [0.717, 1.165) is 33.9 Å². The standard InChI is InChI=1S/C24H27N7O3/c1-14-12-19-26-15(2)18(16(3)31(19)28-14)10-11-20(32)29(4)21-22(25)30(24(34)27-23(21)33)13-17-8-6-5-7-9-17/h5-9,12H,10-11,13,25H2,1-4H3,(H,27,33,34). The van der Waals surface area contributed by atoms with Crippen LogP contribution in [0.4, 0.5) is 11.5 Å². The second-order valence-corrected chi connectivity index (χ2v) is 8.33. The van der Waals surface area contributed by atoms with Crippen LogP contribution in [0, 0.1) is 20.8 Å². The molecule has 0 aliphatic heterocycles. The molecule has 176 valence electrons. The Morgan fingerprint density at radius 2 is 1.85 bits per heavy atom. The van der Waals surface area contributed by atoms with Crippen LogP contribution in [0.5, 0.6) is 0 Å². The van der Waals surface area contributed by atoms with E-state index in [-0.39, 0.29) is 30.4 Å². The normalized spacial score (nSPS) is 11.2. The molecule has 0 saturated heterocycles. The lowest BCUT2D eigenvalue weighted by molar-refractivity contribution is -0.118. The number of aromatic nitrogens is 5. The van der Waals surface area contributed by atoms with E-state index in [1.807, 2.05) is 57.2 Å². The van der Waals surface area contributed by atoms with Crippen molar-refractivity contribution in [2.45, 2.75) is 40.2 Å². The summed E-state index contributed by atoms with van der Waals surface area (Å²) in [5, 5.41) is 4.46. The first kappa shape index (κ1) is 23.0. The van der Waals surface area contributed by atoms with E-state index in [9.17, 15) is 14.4 Å². The van der Waals surface area contributed by atoms with E-state index in [1.54, 1.807) is 4.52 Å². The Balaban J connectivity index is 1.60. The largest absolute Gasteiger partial charge is 0.383 e. The number of aryl methyl sites for hydroxylation is 3. The molecular formula is C24H27N7O3. The van der Waals surface area contributed by atoms with Crippen LogP contribution >= 0.6 is 0 Å². The molecule has 1 aromatic carbocycles. The monoisotopic (exact) mass is 461 g/mol. The molecule has 3 heterocycles. The summed E-state index contributed by atoms with van der Waals surface area (Å²) < 4.78 is 3.02. The molecule has 0 unspecified atom stereocenters. The van der Waals surface area contributed by atoms with Crippen molar-refractivity contribution in [3.05, 3.63) is 85.4 Å².